The van der Waals surface area contributed by atoms with E-state index in [4.69, 9.17) is 9.47 Å². The lowest BCUT2D eigenvalue weighted by atomic mass is 10.2. The van der Waals surface area contributed by atoms with Gasteiger partial charge in [-0.1, -0.05) is 52.4 Å². The lowest BCUT2D eigenvalue weighted by Crippen LogP contribution is -2.46. The van der Waals surface area contributed by atoms with Crippen molar-refractivity contribution in [2.75, 3.05) is 49.2 Å². The molecule has 1 aliphatic rings. The fourth-order valence-corrected chi connectivity index (χ4v) is 4.28. The second kappa shape index (κ2) is 13.8. The normalized spacial score (nSPS) is 13.8. The predicted molar refractivity (Wildman–Crippen MR) is 140 cm³/mol. The van der Waals surface area contributed by atoms with Crippen molar-refractivity contribution in [3.05, 3.63) is 36.4 Å². The van der Waals surface area contributed by atoms with Crippen LogP contribution in [0, 0.1) is 0 Å². The first-order valence-corrected chi connectivity index (χ1v) is 13.0. The number of hydrogen-bond donors (Lipinski definition) is 2. The van der Waals surface area contributed by atoms with Crippen LogP contribution >= 0.6 is 0 Å². The summed E-state index contributed by atoms with van der Waals surface area (Å²) in [7, 11) is 0. The Kier molecular flexibility index (Phi) is 10.5. The van der Waals surface area contributed by atoms with Crippen molar-refractivity contribution in [3.63, 3.8) is 0 Å². The third kappa shape index (κ3) is 7.64. The van der Waals surface area contributed by atoms with Gasteiger partial charge >= 0.3 is 0 Å². The minimum Gasteiger partial charge on any atom is -0.504 e. The topological polar surface area (TPSA) is 65.4 Å². The molecule has 0 aromatic heterocycles. The molecule has 1 saturated heterocycles. The zero-order valence-electron chi connectivity index (χ0n) is 21.0. The molecule has 0 unspecified atom stereocenters. The smallest absolute Gasteiger partial charge is 0.162 e. The third-order valence-electron chi connectivity index (χ3n) is 6.41. The summed E-state index contributed by atoms with van der Waals surface area (Å²) >= 11 is 0. The molecule has 34 heavy (non-hydrogen) atoms. The molecular weight excluding hydrogens is 428 g/mol. The van der Waals surface area contributed by atoms with Crippen LogP contribution in [-0.2, 0) is 0 Å². The highest BCUT2D eigenvalue weighted by Crippen LogP contribution is 2.34. The van der Waals surface area contributed by atoms with E-state index in [1.54, 1.807) is 12.1 Å². The first-order chi connectivity index (χ1) is 16.6. The Morgan fingerprint density at radius 2 is 1.03 bits per heavy atom. The zero-order chi connectivity index (χ0) is 24.2. The van der Waals surface area contributed by atoms with Gasteiger partial charge in [-0.05, 0) is 37.1 Å². The fourth-order valence-electron chi connectivity index (χ4n) is 4.28. The highest BCUT2D eigenvalue weighted by atomic mass is 16.5. The van der Waals surface area contributed by atoms with Crippen LogP contribution in [0.2, 0.25) is 0 Å². The molecule has 0 spiro atoms. The van der Waals surface area contributed by atoms with Crippen LogP contribution in [0.1, 0.15) is 65.2 Å². The van der Waals surface area contributed by atoms with Crippen molar-refractivity contribution in [3.8, 4) is 23.0 Å². The molecular formula is C28H42N2O4. The lowest BCUT2D eigenvalue weighted by Gasteiger charge is -2.37. The number of anilines is 2. The molecule has 2 aromatic rings. The van der Waals surface area contributed by atoms with Crippen LogP contribution in [0.3, 0.4) is 0 Å². The van der Waals surface area contributed by atoms with Gasteiger partial charge in [-0.3, -0.25) is 0 Å². The molecule has 1 fully saturated rings. The molecule has 1 heterocycles. The minimum absolute atomic E-state index is 0.198. The highest BCUT2D eigenvalue weighted by molar-refractivity contribution is 5.59. The van der Waals surface area contributed by atoms with E-state index in [0.717, 1.165) is 63.2 Å². The summed E-state index contributed by atoms with van der Waals surface area (Å²) in [4.78, 5) is 4.65. The number of aromatic hydroxyl groups is 2. The summed E-state index contributed by atoms with van der Waals surface area (Å²) in [6.07, 6.45) is 9.15. The third-order valence-corrected chi connectivity index (χ3v) is 6.41. The first kappa shape index (κ1) is 25.9. The second-order valence-electron chi connectivity index (χ2n) is 9.10. The number of hydrogen-bond acceptors (Lipinski definition) is 6. The summed E-state index contributed by atoms with van der Waals surface area (Å²) in [6, 6.07) is 11.3. The number of unbranched alkanes of at least 4 members (excludes halogenated alkanes) is 6. The van der Waals surface area contributed by atoms with E-state index in [9.17, 15) is 10.2 Å². The highest BCUT2D eigenvalue weighted by Gasteiger charge is 2.20. The SMILES string of the molecule is CCCCCCOc1cc(N2CCN(c3ccc(O)c(OCCCCCC)c3)CC2)ccc1O. The average molecular weight is 471 g/mol. The molecule has 0 saturated carbocycles. The van der Waals surface area contributed by atoms with Gasteiger partial charge in [0.25, 0.3) is 0 Å². The number of rotatable bonds is 14. The van der Waals surface area contributed by atoms with E-state index >= 15 is 0 Å². The second-order valence-corrected chi connectivity index (χ2v) is 9.10. The molecule has 1 aliphatic heterocycles. The van der Waals surface area contributed by atoms with Gasteiger partial charge in [-0.2, -0.15) is 0 Å². The molecule has 2 aromatic carbocycles. The quantitative estimate of drug-likeness (QED) is 0.314. The maximum Gasteiger partial charge on any atom is 0.162 e. The zero-order valence-corrected chi connectivity index (χ0v) is 21.0. The van der Waals surface area contributed by atoms with Crippen LogP contribution in [-0.4, -0.2) is 49.6 Å². The molecule has 188 valence electrons. The average Bonchev–Trinajstić information content (AvgIpc) is 2.86. The molecule has 0 aliphatic carbocycles. The molecule has 6 nitrogen and oxygen atoms in total. The summed E-state index contributed by atoms with van der Waals surface area (Å²) in [5.41, 5.74) is 2.14. The molecule has 0 amide bonds. The standard InChI is InChI=1S/C28H42N2O4/c1-3-5-7-9-19-33-27-21-23(11-13-25(27)31)29-15-17-30(18-16-29)24-12-14-26(32)28(22-24)34-20-10-8-6-4-2/h11-14,21-22,31-32H,3-10,15-20H2,1-2H3. The Labute approximate surface area is 205 Å². The van der Waals surface area contributed by atoms with Crippen LogP contribution < -0.4 is 19.3 Å². The molecule has 0 bridgehead atoms. The van der Waals surface area contributed by atoms with Gasteiger partial charge in [0.05, 0.1) is 13.2 Å². The summed E-state index contributed by atoms with van der Waals surface area (Å²) < 4.78 is 11.7. The van der Waals surface area contributed by atoms with Crippen molar-refractivity contribution >= 4 is 11.4 Å². The largest absolute Gasteiger partial charge is 0.504 e. The lowest BCUT2D eigenvalue weighted by molar-refractivity contribution is 0.289. The number of phenolic OH excluding ortho intramolecular Hbond substituents is 2. The minimum atomic E-state index is 0.198. The Hall–Kier alpha value is -2.76. The maximum absolute atomic E-state index is 10.2. The predicted octanol–water partition coefficient (Wildman–Crippen LogP) is 6.34. The number of phenols is 2. The van der Waals surface area contributed by atoms with E-state index in [0.29, 0.717) is 24.7 Å². The van der Waals surface area contributed by atoms with Gasteiger partial charge in [0, 0.05) is 49.7 Å². The first-order valence-electron chi connectivity index (χ1n) is 13.0. The Balaban J connectivity index is 1.53. The van der Waals surface area contributed by atoms with Gasteiger partial charge in [-0.15, -0.1) is 0 Å². The molecule has 0 atom stereocenters. The van der Waals surface area contributed by atoms with E-state index in [-0.39, 0.29) is 11.5 Å². The van der Waals surface area contributed by atoms with Crippen molar-refractivity contribution in [2.24, 2.45) is 0 Å². The van der Waals surface area contributed by atoms with E-state index in [1.165, 1.54) is 25.7 Å². The van der Waals surface area contributed by atoms with Crippen LogP contribution in [0.15, 0.2) is 36.4 Å². The number of ether oxygens (including phenoxy) is 2. The van der Waals surface area contributed by atoms with Gasteiger partial charge in [0.1, 0.15) is 0 Å². The summed E-state index contributed by atoms with van der Waals surface area (Å²) in [6.45, 7) is 9.14. The van der Waals surface area contributed by atoms with Gasteiger partial charge in [-0.25, -0.2) is 0 Å². The Morgan fingerprint density at radius 3 is 1.41 bits per heavy atom. The number of nitrogens with zero attached hydrogens (tertiary/aromatic N) is 2. The Bertz CT molecular complexity index is 794. The van der Waals surface area contributed by atoms with Gasteiger partial charge < -0.3 is 29.5 Å². The number of benzene rings is 2. The molecule has 6 heteroatoms. The van der Waals surface area contributed by atoms with Crippen LogP contribution in [0.4, 0.5) is 11.4 Å². The Morgan fingerprint density at radius 1 is 0.618 bits per heavy atom. The van der Waals surface area contributed by atoms with E-state index in [1.807, 2.05) is 24.3 Å². The maximum atomic E-state index is 10.2. The fraction of sp³-hybridized carbons (Fsp3) is 0.571. The van der Waals surface area contributed by atoms with Gasteiger partial charge in [0.15, 0.2) is 23.0 Å². The van der Waals surface area contributed by atoms with Gasteiger partial charge in [0.2, 0.25) is 0 Å². The summed E-state index contributed by atoms with van der Waals surface area (Å²) in [5, 5.41) is 20.4. The van der Waals surface area contributed by atoms with E-state index < -0.39 is 0 Å². The molecule has 2 N–H and O–H groups in total. The van der Waals surface area contributed by atoms with Crippen molar-refractivity contribution in [1.29, 1.82) is 0 Å². The van der Waals surface area contributed by atoms with Crippen molar-refractivity contribution in [1.82, 2.24) is 0 Å². The van der Waals surface area contributed by atoms with Crippen molar-refractivity contribution < 1.29 is 19.7 Å². The molecule has 0 radical (unpaired) electrons. The van der Waals surface area contributed by atoms with Crippen LogP contribution in [0.5, 0.6) is 23.0 Å². The molecule has 3 rings (SSSR count). The van der Waals surface area contributed by atoms with E-state index in [2.05, 4.69) is 23.6 Å². The van der Waals surface area contributed by atoms with Crippen LogP contribution in [0.25, 0.3) is 0 Å². The summed E-state index contributed by atoms with van der Waals surface area (Å²) in [5.74, 6) is 1.53. The number of piperazine rings is 1. The van der Waals surface area contributed by atoms with Crippen molar-refractivity contribution in [2.45, 2.75) is 65.2 Å². The monoisotopic (exact) mass is 470 g/mol.